The Morgan fingerprint density at radius 2 is 1.88 bits per heavy atom. The molecule has 11 nitrogen and oxygen atoms in total. The molecular formula is C23H23N7O4. The molecule has 2 aromatic heterocycles. The van der Waals surface area contributed by atoms with Crippen molar-refractivity contribution in [3.63, 3.8) is 0 Å². The van der Waals surface area contributed by atoms with Crippen molar-refractivity contribution in [2.24, 2.45) is 17.8 Å². The van der Waals surface area contributed by atoms with E-state index in [-0.39, 0.29) is 11.4 Å². The van der Waals surface area contributed by atoms with E-state index >= 15 is 0 Å². The van der Waals surface area contributed by atoms with Crippen LogP contribution in [0, 0.1) is 6.92 Å². The lowest BCUT2D eigenvalue weighted by Crippen LogP contribution is -2.35. The molecule has 3 aromatic rings. The third kappa shape index (κ3) is 4.72. The molecule has 3 amide bonds. The molecule has 0 saturated carbocycles. The lowest BCUT2D eigenvalue weighted by Gasteiger charge is -2.14. The molecule has 0 unspecified atom stereocenters. The van der Waals surface area contributed by atoms with Gasteiger partial charge in [-0.3, -0.25) is 24.6 Å². The Balaban J connectivity index is 1.48. The van der Waals surface area contributed by atoms with Gasteiger partial charge >= 0.3 is 6.03 Å². The Morgan fingerprint density at radius 3 is 2.56 bits per heavy atom. The van der Waals surface area contributed by atoms with Crippen LogP contribution >= 0.6 is 0 Å². The number of pyridine rings is 1. The maximum absolute atomic E-state index is 13.0. The number of hydrogen-bond donors (Lipinski definition) is 3. The van der Waals surface area contributed by atoms with Gasteiger partial charge in [0.1, 0.15) is 28.7 Å². The minimum atomic E-state index is -0.706. The van der Waals surface area contributed by atoms with Crippen LogP contribution in [0.4, 0.5) is 10.6 Å². The number of hydrogen-bond acceptors (Lipinski definition) is 6. The van der Waals surface area contributed by atoms with E-state index in [0.717, 1.165) is 0 Å². The van der Waals surface area contributed by atoms with Crippen LogP contribution in [-0.2, 0) is 7.05 Å². The molecule has 1 aliphatic heterocycles. The fourth-order valence-electron chi connectivity index (χ4n) is 3.51. The van der Waals surface area contributed by atoms with Crippen LogP contribution in [0.3, 0.4) is 0 Å². The second kappa shape index (κ2) is 9.45. The Hall–Kier alpha value is -4.67. The van der Waals surface area contributed by atoms with E-state index in [9.17, 15) is 14.4 Å². The molecule has 0 atom stereocenters. The number of para-hydroxylation sites is 1. The van der Waals surface area contributed by atoms with Gasteiger partial charge < -0.3 is 15.8 Å². The van der Waals surface area contributed by atoms with Crippen LogP contribution in [0.15, 0.2) is 70.3 Å². The second-order valence-corrected chi connectivity index (χ2v) is 7.49. The Labute approximate surface area is 194 Å². The molecule has 11 heteroatoms. The topological polar surface area (TPSA) is 146 Å². The Morgan fingerprint density at radius 1 is 1.12 bits per heavy atom. The van der Waals surface area contributed by atoms with E-state index in [0.29, 0.717) is 41.7 Å². The molecule has 0 saturated heterocycles. The minimum absolute atomic E-state index is 0.0367. The highest BCUT2D eigenvalue weighted by Gasteiger charge is 2.22. The number of aliphatic imine (C=N–C) groups is 1. The molecule has 1 aliphatic rings. The number of dihydropyridines is 1. The van der Waals surface area contributed by atoms with Gasteiger partial charge in [-0.2, -0.15) is 0 Å². The SMILES string of the molecule is Cc1c(C(=O)Nc2ccc(OC3=CC(NC(N)=O)=NCC3)cn2)c(=O)n(-c2ccccc2)n1C. The van der Waals surface area contributed by atoms with Crippen molar-refractivity contribution in [3.05, 3.63) is 82.1 Å². The van der Waals surface area contributed by atoms with Gasteiger partial charge in [-0.25, -0.2) is 14.5 Å². The molecule has 4 N–H and O–H groups in total. The number of nitrogens with zero attached hydrogens (tertiary/aromatic N) is 4. The predicted octanol–water partition coefficient (Wildman–Crippen LogP) is 1.86. The number of ether oxygens (including phenoxy) is 1. The second-order valence-electron chi connectivity index (χ2n) is 7.49. The van der Waals surface area contributed by atoms with Crippen LogP contribution in [0.1, 0.15) is 22.5 Å². The lowest BCUT2D eigenvalue weighted by molar-refractivity contribution is 0.102. The first-order valence-electron chi connectivity index (χ1n) is 10.4. The number of amides is 3. The first-order chi connectivity index (χ1) is 16.3. The molecule has 4 rings (SSSR count). The molecule has 174 valence electrons. The number of nitrogens with two attached hydrogens (primary N) is 1. The van der Waals surface area contributed by atoms with Crippen molar-refractivity contribution in [1.82, 2.24) is 19.7 Å². The average Bonchev–Trinajstić information content (AvgIpc) is 3.03. The highest BCUT2D eigenvalue weighted by Crippen LogP contribution is 2.19. The first kappa shape index (κ1) is 22.5. The fourth-order valence-corrected chi connectivity index (χ4v) is 3.51. The summed E-state index contributed by atoms with van der Waals surface area (Å²) in [5.41, 5.74) is 5.91. The summed E-state index contributed by atoms with van der Waals surface area (Å²) in [7, 11) is 1.72. The van der Waals surface area contributed by atoms with Crippen molar-refractivity contribution in [2.45, 2.75) is 13.3 Å². The number of anilines is 1. The number of rotatable bonds is 5. The molecule has 0 fully saturated rings. The van der Waals surface area contributed by atoms with E-state index < -0.39 is 17.5 Å². The predicted molar refractivity (Wildman–Crippen MR) is 126 cm³/mol. The van der Waals surface area contributed by atoms with E-state index in [1.165, 1.54) is 10.9 Å². The monoisotopic (exact) mass is 461 g/mol. The molecule has 0 aliphatic carbocycles. The van der Waals surface area contributed by atoms with Gasteiger partial charge in [-0.15, -0.1) is 0 Å². The van der Waals surface area contributed by atoms with Gasteiger partial charge in [0.25, 0.3) is 11.5 Å². The normalized spacial score (nSPS) is 13.0. The summed E-state index contributed by atoms with van der Waals surface area (Å²) in [4.78, 5) is 45.2. The summed E-state index contributed by atoms with van der Waals surface area (Å²) in [5, 5.41) is 5.07. The molecular weight excluding hydrogens is 438 g/mol. The molecule has 0 bridgehead atoms. The van der Waals surface area contributed by atoms with Crippen molar-refractivity contribution in [3.8, 4) is 11.4 Å². The zero-order chi connectivity index (χ0) is 24.2. The minimum Gasteiger partial charge on any atom is -0.460 e. The standard InChI is InChI=1S/C23H23N7O4/c1-14-20(22(32)30(29(14)2)15-6-4-3-5-7-15)21(31)27-18-9-8-17(13-26-18)34-16-10-11-25-19(12-16)28-23(24)33/h3-9,12-13H,10-11H2,1-2H3,(H,26,27,31)(H3,24,25,28,33). The quantitative estimate of drug-likeness (QED) is 0.531. The smallest absolute Gasteiger partial charge is 0.317 e. The maximum Gasteiger partial charge on any atom is 0.317 e. The van der Waals surface area contributed by atoms with Crippen LogP contribution in [0.2, 0.25) is 0 Å². The zero-order valence-corrected chi connectivity index (χ0v) is 18.6. The number of carbonyl (C=O) groups is 2. The van der Waals surface area contributed by atoms with Gasteiger partial charge in [-0.1, -0.05) is 18.2 Å². The van der Waals surface area contributed by atoms with E-state index in [1.807, 2.05) is 18.2 Å². The first-order valence-corrected chi connectivity index (χ1v) is 10.4. The van der Waals surface area contributed by atoms with Crippen molar-refractivity contribution in [1.29, 1.82) is 0 Å². The zero-order valence-electron chi connectivity index (χ0n) is 18.6. The third-order valence-electron chi connectivity index (χ3n) is 5.20. The lowest BCUT2D eigenvalue weighted by atomic mass is 10.2. The maximum atomic E-state index is 13.0. The van der Waals surface area contributed by atoms with E-state index in [4.69, 9.17) is 10.5 Å². The highest BCUT2D eigenvalue weighted by atomic mass is 16.5. The highest BCUT2D eigenvalue weighted by molar-refractivity contribution is 6.04. The van der Waals surface area contributed by atoms with Crippen molar-refractivity contribution in [2.75, 3.05) is 11.9 Å². The number of aromatic nitrogens is 3. The number of nitrogens with one attached hydrogen (secondary N) is 2. The van der Waals surface area contributed by atoms with E-state index in [2.05, 4.69) is 20.6 Å². The number of benzene rings is 1. The molecule has 34 heavy (non-hydrogen) atoms. The average molecular weight is 461 g/mol. The summed E-state index contributed by atoms with van der Waals surface area (Å²) < 4.78 is 8.85. The van der Waals surface area contributed by atoms with Gasteiger partial charge in [0.2, 0.25) is 0 Å². The molecule has 0 spiro atoms. The van der Waals surface area contributed by atoms with Crippen molar-refractivity contribution >= 4 is 23.6 Å². The van der Waals surface area contributed by atoms with Crippen LogP contribution < -0.4 is 26.7 Å². The molecule has 3 heterocycles. The van der Waals surface area contributed by atoms with E-state index in [1.54, 1.807) is 49.0 Å². The van der Waals surface area contributed by atoms with Crippen LogP contribution in [0.5, 0.6) is 5.75 Å². The Bertz CT molecular complexity index is 1350. The molecule has 1 aromatic carbocycles. The number of carbonyl (C=O) groups excluding carboxylic acids is 2. The van der Waals surface area contributed by atoms with Gasteiger partial charge in [0.15, 0.2) is 0 Å². The number of urea groups is 1. The molecule has 0 radical (unpaired) electrons. The largest absolute Gasteiger partial charge is 0.460 e. The summed E-state index contributed by atoms with van der Waals surface area (Å²) >= 11 is 0. The third-order valence-corrected chi connectivity index (χ3v) is 5.20. The van der Waals surface area contributed by atoms with Gasteiger partial charge in [-0.05, 0) is 31.2 Å². The summed E-state index contributed by atoms with van der Waals surface area (Å²) in [5.74, 6) is 1.06. The Kier molecular flexibility index (Phi) is 6.26. The number of primary amides is 1. The van der Waals surface area contributed by atoms with Gasteiger partial charge in [0, 0.05) is 26.1 Å². The summed E-state index contributed by atoms with van der Waals surface area (Å²) in [6.07, 6.45) is 3.58. The van der Waals surface area contributed by atoms with Crippen molar-refractivity contribution < 1.29 is 14.3 Å². The fraction of sp³-hybridized carbons (Fsp3) is 0.174. The van der Waals surface area contributed by atoms with Crippen LogP contribution in [0.25, 0.3) is 5.69 Å². The van der Waals surface area contributed by atoms with Crippen LogP contribution in [-0.4, -0.2) is 38.7 Å². The summed E-state index contributed by atoms with van der Waals surface area (Å²) in [6, 6.07) is 11.6. The number of amidine groups is 1. The summed E-state index contributed by atoms with van der Waals surface area (Å²) in [6.45, 7) is 2.16. The van der Waals surface area contributed by atoms with Gasteiger partial charge in [0.05, 0.1) is 17.6 Å².